The van der Waals surface area contributed by atoms with Crippen LogP contribution in [0, 0.1) is 10.9 Å². The van der Waals surface area contributed by atoms with Crippen LogP contribution in [0.2, 0.25) is 0 Å². The lowest BCUT2D eigenvalue weighted by molar-refractivity contribution is -0.136. The molecule has 1 atom stereocenters. The molecule has 41 heavy (non-hydrogen) atoms. The van der Waals surface area contributed by atoms with Crippen LogP contribution in [-0.4, -0.2) is 35.3 Å². The second-order valence-corrected chi connectivity index (χ2v) is 10.4. The molecule has 0 bridgehead atoms. The highest BCUT2D eigenvalue weighted by Crippen LogP contribution is 2.34. The summed E-state index contributed by atoms with van der Waals surface area (Å²) in [5.41, 5.74) is 11.5. The average molecular weight is 554 g/mol. The van der Waals surface area contributed by atoms with Crippen LogP contribution in [-0.2, 0) is 16.0 Å². The highest BCUT2D eigenvalue weighted by molar-refractivity contribution is 6.00. The number of rotatable bonds is 11. The summed E-state index contributed by atoms with van der Waals surface area (Å²) in [7, 11) is 0. The van der Waals surface area contributed by atoms with Gasteiger partial charge in [0.25, 0.3) is 5.91 Å². The summed E-state index contributed by atoms with van der Waals surface area (Å²) in [6, 6.07) is 22.0. The molecule has 1 fully saturated rings. The van der Waals surface area contributed by atoms with Gasteiger partial charge in [-0.1, -0.05) is 67.8 Å². The van der Waals surface area contributed by atoms with Crippen molar-refractivity contribution >= 4 is 29.3 Å². The number of nitrogens with zero attached hydrogens (tertiary/aromatic N) is 1. The lowest BCUT2D eigenvalue weighted by Gasteiger charge is -2.23. The number of hydrogen-bond donors (Lipinski definition) is 5. The Morgan fingerprint density at radius 1 is 0.927 bits per heavy atom. The molecule has 9 heteroatoms. The summed E-state index contributed by atoms with van der Waals surface area (Å²) in [4.78, 5) is 36.7. The normalized spacial score (nSPS) is 14.0. The number of carboxylic acid groups (broad SMARTS) is 1. The Morgan fingerprint density at radius 3 is 2.29 bits per heavy atom. The number of amides is 2. The molecule has 212 valence electrons. The van der Waals surface area contributed by atoms with Crippen LogP contribution >= 0.6 is 0 Å². The van der Waals surface area contributed by atoms with E-state index in [0.29, 0.717) is 29.2 Å². The SMILES string of the molecule is N=NC(=N)c1cccc(NC(=O)C(Cc2ccc(C(=O)NCCC(=O)O)cc2)c2ccc(C3CCCCC3)cc2)c1. The Hall–Kier alpha value is -4.66. The van der Waals surface area contributed by atoms with Crippen LogP contribution in [0.3, 0.4) is 0 Å². The van der Waals surface area contributed by atoms with Crippen molar-refractivity contribution in [1.82, 2.24) is 5.32 Å². The van der Waals surface area contributed by atoms with E-state index in [0.717, 1.165) is 11.1 Å². The summed E-state index contributed by atoms with van der Waals surface area (Å²) in [5, 5.41) is 25.3. The highest BCUT2D eigenvalue weighted by Gasteiger charge is 2.23. The van der Waals surface area contributed by atoms with Crippen LogP contribution in [0.15, 0.2) is 77.9 Å². The molecular weight excluding hydrogens is 518 g/mol. The van der Waals surface area contributed by atoms with Gasteiger partial charge in [0, 0.05) is 23.4 Å². The maximum atomic E-state index is 13.7. The second kappa shape index (κ2) is 14.1. The summed E-state index contributed by atoms with van der Waals surface area (Å²) in [5.74, 6) is -1.70. The van der Waals surface area contributed by atoms with Crippen molar-refractivity contribution in [1.29, 1.82) is 10.9 Å². The third kappa shape index (κ3) is 8.17. The number of carboxylic acids is 1. The topological polar surface area (TPSA) is 156 Å². The van der Waals surface area contributed by atoms with E-state index in [1.54, 1.807) is 48.5 Å². The monoisotopic (exact) mass is 553 g/mol. The van der Waals surface area contributed by atoms with Crippen molar-refractivity contribution in [2.45, 2.75) is 56.8 Å². The molecule has 0 aliphatic heterocycles. The van der Waals surface area contributed by atoms with Gasteiger partial charge in [0.2, 0.25) is 5.91 Å². The molecule has 1 aliphatic rings. The number of amidine groups is 1. The number of carbonyl (C=O) groups excluding carboxylic acids is 2. The summed E-state index contributed by atoms with van der Waals surface area (Å²) in [6.45, 7) is 0.0472. The number of nitrogens with one attached hydrogen (secondary N) is 4. The maximum absolute atomic E-state index is 13.7. The number of benzene rings is 3. The molecule has 4 rings (SSSR count). The van der Waals surface area contributed by atoms with Crippen molar-refractivity contribution in [2.24, 2.45) is 5.11 Å². The standard InChI is InChI=1S/C32H35N5O4/c33-30(37-34)26-7-4-8-27(20-26)36-32(41)28(24-15-13-23(14-16-24)22-5-2-1-3-6-22)19-21-9-11-25(12-10-21)31(40)35-18-17-29(38)39/h4,7-16,20,22,28,33-34H,1-3,5-6,17-19H2,(H,35,40)(H,36,41)(H,38,39). The van der Waals surface area contributed by atoms with E-state index in [9.17, 15) is 14.4 Å². The predicted octanol–water partition coefficient (Wildman–Crippen LogP) is 6.26. The van der Waals surface area contributed by atoms with Crippen LogP contribution < -0.4 is 10.6 Å². The molecule has 0 aromatic heterocycles. The molecule has 3 aromatic carbocycles. The molecule has 0 radical (unpaired) electrons. The molecule has 5 N–H and O–H groups in total. The molecule has 1 unspecified atom stereocenters. The maximum Gasteiger partial charge on any atom is 0.305 e. The van der Waals surface area contributed by atoms with Crippen molar-refractivity contribution in [3.63, 3.8) is 0 Å². The van der Waals surface area contributed by atoms with E-state index in [2.05, 4.69) is 27.9 Å². The minimum Gasteiger partial charge on any atom is -0.481 e. The van der Waals surface area contributed by atoms with Crippen LogP contribution in [0.1, 0.15) is 83.0 Å². The minimum absolute atomic E-state index is 0.0472. The molecule has 2 amide bonds. The summed E-state index contributed by atoms with van der Waals surface area (Å²) < 4.78 is 0. The number of carbonyl (C=O) groups is 3. The quantitative estimate of drug-likeness (QED) is 0.108. The van der Waals surface area contributed by atoms with E-state index in [4.69, 9.17) is 16.0 Å². The van der Waals surface area contributed by atoms with E-state index in [1.165, 1.54) is 37.7 Å². The molecule has 1 aliphatic carbocycles. The van der Waals surface area contributed by atoms with Crippen LogP contribution in [0.5, 0.6) is 0 Å². The lowest BCUT2D eigenvalue weighted by Crippen LogP contribution is -2.26. The van der Waals surface area contributed by atoms with Gasteiger partial charge in [-0.3, -0.25) is 19.8 Å². The Kier molecular flexibility index (Phi) is 10.1. The first-order chi connectivity index (χ1) is 19.8. The number of anilines is 1. The first-order valence-corrected chi connectivity index (χ1v) is 13.9. The zero-order valence-electron chi connectivity index (χ0n) is 22.9. The van der Waals surface area contributed by atoms with Gasteiger partial charge < -0.3 is 15.7 Å². The first-order valence-electron chi connectivity index (χ1n) is 13.9. The zero-order valence-corrected chi connectivity index (χ0v) is 22.9. The molecule has 0 heterocycles. The van der Waals surface area contributed by atoms with Gasteiger partial charge >= 0.3 is 5.97 Å². The van der Waals surface area contributed by atoms with Gasteiger partial charge in [-0.25, -0.2) is 5.53 Å². The fourth-order valence-electron chi connectivity index (χ4n) is 5.25. The van der Waals surface area contributed by atoms with Gasteiger partial charge in [-0.15, -0.1) is 5.11 Å². The largest absolute Gasteiger partial charge is 0.481 e. The van der Waals surface area contributed by atoms with E-state index < -0.39 is 11.9 Å². The molecule has 0 spiro atoms. The highest BCUT2D eigenvalue weighted by atomic mass is 16.4. The average Bonchev–Trinajstić information content (AvgIpc) is 3.00. The Labute approximate surface area is 239 Å². The minimum atomic E-state index is -0.979. The van der Waals surface area contributed by atoms with Crippen LogP contribution in [0.4, 0.5) is 5.69 Å². The van der Waals surface area contributed by atoms with Crippen molar-refractivity contribution in [3.05, 3.63) is 101 Å². The first kappa shape index (κ1) is 29.3. The van der Waals surface area contributed by atoms with Crippen LogP contribution in [0.25, 0.3) is 0 Å². The van der Waals surface area contributed by atoms with Crippen molar-refractivity contribution in [3.8, 4) is 0 Å². The van der Waals surface area contributed by atoms with Gasteiger partial charge in [0.15, 0.2) is 5.84 Å². The number of aliphatic carboxylic acids is 1. The van der Waals surface area contributed by atoms with Gasteiger partial charge in [-0.05, 0) is 66.1 Å². The Bertz CT molecular complexity index is 1400. The van der Waals surface area contributed by atoms with Gasteiger partial charge in [0.05, 0.1) is 12.3 Å². The second-order valence-electron chi connectivity index (χ2n) is 10.4. The third-order valence-electron chi connectivity index (χ3n) is 7.53. The summed E-state index contributed by atoms with van der Waals surface area (Å²) in [6.07, 6.45) is 6.40. The van der Waals surface area contributed by atoms with E-state index >= 15 is 0 Å². The lowest BCUT2D eigenvalue weighted by atomic mass is 9.83. The van der Waals surface area contributed by atoms with Crippen molar-refractivity contribution < 1.29 is 19.5 Å². The van der Waals surface area contributed by atoms with Crippen molar-refractivity contribution in [2.75, 3.05) is 11.9 Å². The Balaban J connectivity index is 1.54. The number of hydrogen-bond acceptors (Lipinski definition) is 5. The third-order valence-corrected chi connectivity index (χ3v) is 7.53. The smallest absolute Gasteiger partial charge is 0.305 e. The zero-order chi connectivity index (χ0) is 29.2. The van der Waals surface area contributed by atoms with E-state index in [1.807, 2.05) is 12.1 Å². The van der Waals surface area contributed by atoms with E-state index in [-0.39, 0.29) is 30.6 Å². The van der Waals surface area contributed by atoms with Gasteiger partial charge in [0.1, 0.15) is 0 Å². The fourth-order valence-corrected chi connectivity index (χ4v) is 5.25. The summed E-state index contributed by atoms with van der Waals surface area (Å²) >= 11 is 0. The van der Waals surface area contributed by atoms with Gasteiger partial charge in [-0.2, -0.15) is 0 Å². The molecule has 3 aromatic rings. The Morgan fingerprint density at radius 2 is 1.63 bits per heavy atom. The molecule has 0 saturated heterocycles. The molecule has 1 saturated carbocycles. The fraction of sp³-hybridized carbons (Fsp3) is 0.312. The molecular formula is C32H35N5O4. The molecule has 9 nitrogen and oxygen atoms in total. The predicted molar refractivity (Wildman–Crippen MR) is 157 cm³/mol.